The molecule has 2 saturated carbocycles. The van der Waals surface area contributed by atoms with Crippen LogP contribution in [-0.2, 0) is 25.0 Å². The predicted octanol–water partition coefficient (Wildman–Crippen LogP) is 7.40. The number of aromatic nitrogens is 4. The summed E-state index contributed by atoms with van der Waals surface area (Å²) >= 11 is 0. The van der Waals surface area contributed by atoms with Crippen LogP contribution in [0.3, 0.4) is 0 Å². The molecule has 9 rings (SSSR count). The first-order valence-electron chi connectivity index (χ1n) is 24.4. The van der Waals surface area contributed by atoms with Gasteiger partial charge in [0, 0.05) is 74.8 Å². The van der Waals surface area contributed by atoms with Crippen molar-refractivity contribution in [2.75, 3.05) is 54.1 Å². The van der Waals surface area contributed by atoms with Crippen molar-refractivity contribution in [1.82, 2.24) is 35.5 Å². The summed E-state index contributed by atoms with van der Waals surface area (Å²) in [5.74, 6) is 0.840. The van der Waals surface area contributed by atoms with Crippen LogP contribution in [0, 0.1) is 0 Å². The monoisotopic (exact) mass is 1030 g/mol. The number of hydrogen-bond donors (Lipinski definition) is 9. The van der Waals surface area contributed by atoms with Gasteiger partial charge in [-0.2, -0.15) is 16.8 Å². The normalized spacial score (nSPS) is 15.3. The van der Waals surface area contributed by atoms with E-state index in [9.17, 15) is 31.2 Å². The number of carbonyl (C=O) groups excluding carboxylic acids is 3. The van der Waals surface area contributed by atoms with Crippen LogP contribution in [0.1, 0.15) is 83.5 Å². The Morgan fingerprint density at radius 3 is 1.51 bits per heavy atom. The van der Waals surface area contributed by atoms with E-state index in [0.717, 1.165) is 50.0 Å². The number of carbonyl (C=O) groups is 3. The van der Waals surface area contributed by atoms with Crippen LogP contribution < -0.4 is 40.3 Å². The summed E-state index contributed by atoms with van der Waals surface area (Å²) in [4.78, 5) is 52.2. The number of aromatic amines is 2. The molecule has 1 saturated heterocycles. The first-order valence-corrected chi connectivity index (χ1v) is 27.2. The molecule has 3 fully saturated rings. The van der Waals surface area contributed by atoms with Crippen LogP contribution in [0.5, 0.6) is 11.5 Å². The summed E-state index contributed by atoms with van der Waals surface area (Å²) in [5.41, 5.74) is 3.89. The van der Waals surface area contributed by atoms with E-state index in [1.165, 1.54) is 74.2 Å². The third kappa shape index (κ3) is 14.3. The van der Waals surface area contributed by atoms with Crippen molar-refractivity contribution >= 4 is 83.5 Å². The maximum atomic E-state index is 12.8. The van der Waals surface area contributed by atoms with Gasteiger partial charge >= 0.3 is 32.3 Å². The zero-order valence-corrected chi connectivity index (χ0v) is 41.4. The number of aliphatic hydroxyl groups is 1. The number of likely N-dealkylation sites (tertiary alicyclic amines) is 1. The van der Waals surface area contributed by atoms with Crippen LogP contribution in [0.4, 0.5) is 32.9 Å². The molecule has 0 atom stereocenters. The maximum absolute atomic E-state index is 12.8. The van der Waals surface area contributed by atoms with Gasteiger partial charge in [0.15, 0.2) is 0 Å². The molecule has 9 N–H and O–H groups in total. The number of hydrogen-bond acceptors (Lipinski definition) is 14. The van der Waals surface area contributed by atoms with E-state index in [0.29, 0.717) is 79.5 Å². The van der Waals surface area contributed by atoms with Crippen LogP contribution in [0.15, 0.2) is 94.7 Å². The summed E-state index contributed by atoms with van der Waals surface area (Å²) < 4.78 is 61.8. The third-order valence-corrected chi connectivity index (χ3v) is 15.0. The third-order valence-electron chi connectivity index (χ3n) is 12.5. The van der Waals surface area contributed by atoms with Gasteiger partial charge in [-0.15, -0.1) is 0 Å². The molecule has 2 aliphatic carbocycles. The number of imidazole rings is 2. The molecule has 0 spiro atoms. The molecule has 3 heterocycles. The highest BCUT2D eigenvalue weighted by Gasteiger charge is 2.22. The van der Waals surface area contributed by atoms with E-state index in [1.54, 1.807) is 36.4 Å². The Labute approximate surface area is 417 Å². The van der Waals surface area contributed by atoms with Crippen molar-refractivity contribution < 1.29 is 44.7 Å². The summed E-state index contributed by atoms with van der Waals surface area (Å²) in [6, 6.07) is 22.4. The number of urea groups is 2. The van der Waals surface area contributed by atoms with Gasteiger partial charge in [-0.05, 0) is 124 Å². The van der Waals surface area contributed by atoms with Crippen LogP contribution in [0.2, 0.25) is 0 Å². The van der Waals surface area contributed by atoms with E-state index in [2.05, 4.69) is 51.8 Å². The van der Waals surface area contributed by atoms with Crippen molar-refractivity contribution in [1.29, 1.82) is 0 Å². The van der Waals surface area contributed by atoms with Gasteiger partial charge in [-0.1, -0.05) is 25.7 Å². The van der Waals surface area contributed by atoms with Crippen molar-refractivity contribution in [2.24, 2.45) is 0 Å². The molecule has 0 radical (unpaired) electrons. The summed E-state index contributed by atoms with van der Waals surface area (Å²) in [6.07, 6.45) is 12.8. The van der Waals surface area contributed by atoms with E-state index in [-0.39, 0.29) is 45.7 Å². The van der Waals surface area contributed by atoms with Gasteiger partial charge < -0.3 is 49.6 Å². The number of nitrogens with one attached hydrogen (secondary N) is 8. The average Bonchev–Trinajstić information content (AvgIpc) is 4.23. The number of rotatable bonds is 20. The standard InChI is InChI=1S/C26H32N6O5S.C23H29N5O5S/c33-24-7-3-15-32(24)16-4-14-27-26(34)31-25-29-22-13-10-20(17-23(22)30-25)37-38(35,36)21-11-8-19(9-12-21)28-18-5-1-2-6-18;29-14-4-3-13-24-23(30)28-22-26-20-12-9-18(15-21(20)27-22)33-34(31,32)19-10-7-17(8-11-19)25-16-5-1-2-6-16/h8-13,17-18,28H,1-7,14-16H2,(H3,27,29,30,31,34);7-12,15-16,25,29H,1-6,13-14H2,(H3,24,26,27,28,30). The van der Waals surface area contributed by atoms with Crippen LogP contribution in [-0.4, -0.2) is 110 Å². The SMILES string of the molecule is O=C(NCCCCO)Nc1nc2cc(OS(=O)(=O)c3ccc(NC4CCCC4)cc3)ccc2[nH]1.O=C(NCCCN1CCCC1=O)Nc1nc2cc(OS(=O)(=O)c3ccc(NC4CCCC4)cc3)ccc2[nH]1. The Balaban J connectivity index is 0.000000194. The first-order chi connectivity index (χ1) is 34.8. The fraction of sp³-hybridized carbons (Fsp3) is 0.408. The van der Waals surface area contributed by atoms with E-state index < -0.39 is 32.3 Å². The molecule has 0 unspecified atom stereocenters. The smallest absolute Gasteiger partial charge is 0.339 e. The molecule has 5 amide bonds. The fourth-order valence-electron chi connectivity index (χ4n) is 8.74. The quantitative estimate of drug-likeness (QED) is 0.0266. The maximum Gasteiger partial charge on any atom is 0.339 e. The molecule has 384 valence electrons. The second-order valence-electron chi connectivity index (χ2n) is 17.9. The second-order valence-corrected chi connectivity index (χ2v) is 21.0. The lowest BCUT2D eigenvalue weighted by Gasteiger charge is -2.15. The highest BCUT2D eigenvalue weighted by Crippen LogP contribution is 2.29. The minimum absolute atomic E-state index is 0.0599. The summed E-state index contributed by atoms with van der Waals surface area (Å²) in [6.45, 7) is 2.33. The van der Waals surface area contributed by atoms with Gasteiger partial charge in [0.2, 0.25) is 17.8 Å². The number of H-pyrrole nitrogens is 2. The molecule has 2 aromatic heterocycles. The molecule has 23 heteroatoms. The predicted molar refractivity (Wildman–Crippen MR) is 273 cm³/mol. The zero-order chi connectivity index (χ0) is 50.5. The highest BCUT2D eigenvalue weighted by atomic mass is 32.2. The number of anilines is 4. The minimum atomic E-state index is -4.03. The Bertz CT molecular complexity index is 3030. The number of fused-ring (bicyclic) bond motifs is 2. The van der Waals surface area contributed by atoms with Crippen molar-refractivity contribution in [3.63, 3.8) is 0 Å². The van der Waals surface area contributed by atoms with Gasteiger partial charge in [0.25, 0.3) is 0 Å². The van der Waals surface area contributed by atoms with Gasteiger partial charge in [-0.3, -0.25) is 15.4 Å². The summed E-state index contributed by atoms with van der Waals surface area (Å²) in [7, 11) is -8.05. The lowest BCUT2D eigenvalue weighted by Crippen LogP contribution is -2.33. The topological polar surface area (TPSA) is 291 Å². The Morgan fingerprint density at radius 2 is 1.08 bits per heavy atom. The molecular formula is C49H61N11O10S2. The first kappa shape index (κ1) is 51.3. The molecular weight excluding hydrogens is 967 g/mol. The van der Waals surface area contributed by atoms with Gasteiger partial charge in [0.05, 0.1) is 22.1 Å². The number of nitrogens with zero attached hydrogens (tertiary/aromatic N) is 3. The Kier molecular flexibility index (Phi) is 17.0. The molecule has 21 nitrogen and oxygen atoms in total. The van der Waals surface area contributed by atoms with E-state index in [1.807, 2.05) is 4.90 Å². The van der Waals surface area contributed by atoms with Crippen molar-refractivity contribution in [2.45, 2.75) is 105 Å². The zero-order valence-electron chi connectivity index (χ0n) is 39.7. The largest absolute Gasteiger partial charge is 0.396 e. The molecule has 72 heavy (non-hydrogen) atoms. The molecule has 6 aromatic rings. The van der Waals surface area contributed by atoms with Crippen LogP contribution >= 0.6 is 0 Å². The number of aliphatic hydroxyl groups excluding tert-OH is 1. The molecule has 4 aromatic carbocycles. The van der Waals surface area contributed by atoms with Crippen LogP contribution in [0.25, 0.3) is 22.1 Å². The Hall–Kier alpha value is -7.11. The Morgan fingerprint density at radius 1 is 0.625 bits per heavy atom. The lowest BCUT2D eigenvalue weighted by atomic mass is 10.2. The van der Waals surface area contributed by atoms with Gasteiger partial charge in [0.1, 0.15) is 21.3 Å². The number of unbranched alkanes of at least 4 members (excludes halogenated alkanes) is 1. The molecule has 3 aliphatic rings. The van der Waals surface area contributed by atoms with Gasteiger partial charge in [-0.25, -0.2) is 19.6 Å². The van der Waals surface area contributed by atoms with Crippen molar-refractivity contribution in [3.05, 3.63) is 84.9 Å². The van der Waals surface area contributed by atoms with Crippen molar-refractivity contribution in [3.8, 4) is 11.5 Å². The fourth-order valence-corrected chi connectivity index (χ4v) is 10.6. The second kappa shape index (κ2) is 23.9. The summed E-state index contributed by atoms with van der Waals surface area (Å²) in [5, 5.41) is 26.3. The molecule has 0 bridgehead atoms. The number of amides is 5. The van der Waals surface area contributed by atoms with E-state index in [4.69, 9.17) is 13.5 Å². The molecule has 1 aliphatic heterocycles. The number of benzene rings is 4. The van der Waals surface area contributed by atoms with E-state index >= 15 is 0 Å². The highest BCUT2D eigenvalue weighted by molar-refractivity contribution is 7.87. The lowest BCUT2D eigenvalue weighted by molar-refractivity contribution is -0.127. The average molecular weight is 1030 g/mol. The minimum Gasteiger partial charge on any atom is -0.396 e.